The summed E-state index contributed by atoms with van der Waals surface area (Å²) in [6.45, 7) is 0.274. The molecule has 0 atom stereocenters. The van der Waals surface area contributed by atoms with Gasteiger partial charge in [-0.05, 0) is 24.3 Å². The lowest BCUT2D eigenvalue weighted by molar-refractivity contribution is 0.0697. The highest BCUT2D eigenvalue weighted by Gasteiger charge is 2.05. The molecule has 0 aliphatic rings. The van der Waals surface area contributed by atoms with E-state index in [1.54, 1.807) is 35.0 Å². The maximum atomic E-state index is 10.7. The number of fused-ring (bicyclic) bond motifs is 1. The zero-order chi connectivity index (χ0) is 10.8. The van der Waals surface area contributed by atoms with Gasteiger partial charge in [0.1, 0.15) is 6.54 Å². The smallest absolute Gasteiger partial charge is 0.335 e. The second-order valence-corrected chi connectivity index (χ2v) is 3.18. The fourth-order valence-electron chi connectivity index (χ4n) is 1.55. The third-order valence-electron chi connectivity index (χ3n) is 2.26. The van der Waals surface area contributed by atoms with Crippen LogP contribution in [0, 0.1) is 11.3 Å². The molecule has 74 valence electrons. The molecule has 1 aromatic heterocycles. The lowest BCUT2D eigenvalue weighted by Gasteiger charge is -1.99. The number of carbonyl (C=O) groups is 1. The number of rotatable bonds is 2. The molecule has 0 unspecified atom stereocenters. The average Bonchev–Trinajstić information content (AvgIpc) is 2.61. The molecule has 2 rings (SSSR count). The van der Waals surface area contributed by atoms with Crippen LogP contribution in [-0.2, 0) is 6.54 Å². The van der Waals surface area contributed by atoms with Crippen molar-refractivity contribution in [1.29, 1.82) is 5.26 Å². The van der Waals surface area contributed by atoms with Gasteiger partial charge in [0.15, 0.2) is 0 Å². The van der Waals surface area contributed by atoms with Crippen molar-refractivity contribution in [3.05, 3.63) is 36.0 Å². The Labute approximate surface area is 86.0 Å². The molecule has 0 spiro atoms. The van der Waals surface area contributed by atoms with Crippen molar-refractivity contribution in [3.63, 3.8) is 0 Å². The highest BCUT2D eigenvalue weighted by atomic mass is 16.4. The Morgan fingerprint density at radius 1 is 1.47 bits per heavy atom. The number of carboxylic acid groups (broad SMARTS) is 1. The number of nitriles is 1. The van der Waals surface area contributed by atoms with E-state index in [1.807, 2.05) is 6.07 Å². The average molecular weight is 200 g/mol. The van der Waals surface area contributed by atoms with Crippen molar-refractivity contribution >= 4 is 16.9 Å². The van der Waals surface area contributed by atoms with Crippen LogP contribution < -0.4 is 0 Å². The predicted molar refractivity (Wildman–Crippen MR) is 54.5 cm³/mol. The van der Waals surface area contributed by atoms with Gasteiger partial charge in [-0.25, -0.2) is 4.79 Å². The summed E-state index contributed by atoms with van der Waals surface area (Å²) in [6, 6.07) is 8.71. The zero-order valence-electron chi connectivity index (χ0n) is 7.84. The molecule has 0 saturated carbocycles. The summed E-state index contributed by atoms with van der Waals surface area (Å²) in [4.78, 5) is 10.7. The highest BCUT2D eigenvalue weighted by molar-refractivity contribution is 5.93. The topological polar surface area (TPSA) is 66.0 Å². The zero-order valence-corrected chi connectivity index (χ0v) is 7.84. The number of nitrogens with zero attached hydrogens (tertiary/aromatic N) is 2. The number of aromatic carboxylic acids is 1. The number of hydrogen-bond acceptors (Lipinski definition) is 2. The van der Waals surface area contributed by atoms with Crippen molar-refractivity contribution in [2.75, 3.05) is 0 Å². The molecular formula is C11H8N2O2. The molecule has 1 aromatic carbocycles. The molecule has 1 N–H and O–H groups in total. The lowest BCUT2D eigenvalue weighted by atomic mass is 10.1. The molecule has 2 aromatic rings. The number of hydrogen-bond donors (Lipinski definition) is 1. The van der Waals surface area contributed by atoms with Crippen molar-refractivity contribution in [1.82, 2.24) is 4.57 Å². The van der Waals surface area contributed by atoms with E-state index < -0.39 is 5.97 Å². The normalized spacial score (nSPS) is 10.1. The first kappa shape index (κ1) is 9.28. The van der Waals surface area contributed by atoms with Crippen LogP contribution in [0.4, 0.5) is 0 Å². The van der Waals surface area contributed by atoms with Crippen molar-refractivity contribution in [2.24, 2.45) is 0 Å². The number of carboxylic acids is 1. The second-order valence-electron chi connectivity index (χ2n) is 3.18. The highest BCUT2D eigenvalue weighted by Crippen LogP contribution is 2.17. The molecule has 1 heterocycles. The van der Waals surface area contributed by atoms with Crippen LogP contribution in [0.1, 0.15) is 10.4 Å². The van der Waals surface area contributed by atoms with Crippen molar-refractivity contribution < 1.29 is 9.90 Å². The molecule has 0 saturated heterocycles. The molecule has 15 heavy (non-hydrogen) atoms. The SMILES string of the molecule is N#CCn1ccc2cc(C(=O)O)ccc21. The second kappa shape index (κ2) is 3.46. The fourth-order valence-corrected chi connectivity index (χ4v) is 1.55. The van der Waals surface area contributed by atoms with E-state index >= 15 is 0 Å². The molecule has 0 bridgehead atoms. The van der Waals surface area contributed by atoms with Gasteiger partial charge in [0, 0.05) is 17.1 Å². The molecule has 0 radical (unpaired) electrons. The molecule has 4 heteroatoms. The van der Waals surface area contributed by atoms with Crippen LogP contribution in [0.2, 0.25) is 0 Å². The van der Waals surface area contributed by atoms with Gasteiger partial charge in [0.2, 0.25) is 0 Å². The van der Waals surface area contributed by atoms with E-state index in [9.17, 15) is 4.79 Å². The third kappa shape index (κ3) is 1.55. The van der Waals surface area contributed by atoms with E-state index in [0.29, 0.717) is 0 Å². The quantitative estimate of drug-likeness (QED) is 0.804. The van der Waals surface area contributed by atoms with Crippen molar-refractivity contribution in [2.45, 2.75) is 6.54 Å². The summed E-state index contributed by atoms with van der Waals surface area (Å²) in [5.74, 6) is -0.940. The minimum Gasteiger partial charge on any atom is -0.478 e. The van der Waals surface area contributed by atoms with Gasteiger partial charge < -0.3 is 9.67 Å². The maximum absolute atomic E-state index is 10.7. The van der Waals surface area contributed by atoms with Gasteiger partial charge in [-0.3, -0.25) is 0 Å². The standard InChI is InChI=1S/C11H8N2O2/c12-4-6-13-5-3-8-7-9(11(14)15)1-2-10(8)13/h1-3,5,7H,6H2,(H,14,15). The first-order chi connectivity index (χ1) is 7.22. The lowest BCUT2D eigenvalue weighted by Crippen LogP contribution is -1.96. The summed E-state index contributed by atoms with van der Waals surface area (Å²) in [5.41, 5.74) is 1.14. The molecule has 4 nitrogen and oxygen atoms in total. The number of aromatic nitrogens is 1. The summed E-state index contributed by atoms with van der Waals surface area (Å²) >= 11 is 0. The Kier molecular flexibility index (Phi) is 2.14. The fraction of sp³-hybridized carbons (Fsp3) is 0.0909. The van der Waals surface area contributed by atoms with Gasteiger partial charge in [-0.15, -0.1) is 0 Å². The van der Waals surface area contributed by atoms with Gasteiger partial charge in [-0.1, -0.05) is 0 Å². The van der Waals surface area contributed by atoms with E-state index in [0.717, 1.165) is 10.9 Å². The number of benzene rings is 1. The molecule has 0 aliphatic heterocycles. The summed E-state index contributed by atoms with van der Waals surface area (Å²) < 4.78 is 1.78. The molecule has 0 amide bonds. The van der Waals surface area contributed by atoms with Crippen molar-refractivity contribution in [3.8, 4) is 6.07 Å². The molecule has 0 aliphatic carbocycles. The molecular weight excluding hydrogens is 192 g/mol. The van der Waals surface area contributed by atoms with E-state index in [2.05, 4.69) is 0 Å². The van der Waals surface area contributed by atoms with Crippen LogP contribution in [0.25, 0.3) is 10.9 Å². The minimum absolute atomic E-state index is 0.261. The van der Waals surface area contributed by atoms with Gasteiger partial charge in [-0.2, -0.15) is 5.26 Å². The summed E-state index contributed by atoms with van der Waals surface area (Å²) in [7, 11) is 0. The van der Waals surface area contributed by atoms with Crippen LogP contribution >= 0.6 is 0 Å². The van der Waals surface area contributed by atoms with E-state index in [-0.39, 0.29) is 12.1 Å². The van der Waals surface area contributed by atoms with Crippen LogP contribution in [0.5, 0.6) is 0 Å². The van der Waals surface area contributed by atoms with Gasteiger partial charge in [0.25, 0.3) is 0 Å². The van der Waals surface area contributed by atoms with Gasteiger partial charge in [0.05, 0.1) is 11.6 Å². The van der Waals surface area contributed by atoms with E-state index in [4.69, 9.17) is 10.4 Å². The Morgan fingerprint density at radius 3 is 2.93 bits per heavy atom. The Hall–Kier alpha value is -2.28. The van der Waals surface area contributed by atoms with Crippen LogP contribution in [0.3, 0.4) is 0 Å². The Morgan fingerprint density at radius 2 is 2.27 bits per heavy atom. The Balaban J connectivity index is 2.57. The summed E-state index contributed by atoms with van der Waals surface area (Å²) in [6.07, 6.45) is 1.78. The first-order valence-corrected chi connectivity index (χ1v) is 4.41. The predicted octanol–water partition coefficient (Wildman–Crippen LogP) is 1.86. The third-order valence-corrected chi connectivity index (χ3v) is 2.26. The minimum atomic E-state index is -0.940. The molecule has 0 fully saturated rings. The van der Waals surface area contributed by atoms with Gasteiger partial charge >= 0.3 is 5.97 Å². The Bertz CT molecular complexity index is 563. The maximum Gasteiger partial charge on any atom is 0.335 e. The van der Waals surface area contributed by atoms with Crippen LogP contribution in [-0.4, -0.2) is 15.6 Å². The monoisotopic (exact) mass is 200 g/mol. The van der Waals surface area contributed by atoms with Crippen LogP contribution in [0.15, 0.2) is 30.5 Å². The van der Waals surface area contributed by atoms with E-state index in [1.165, 1.54) is 0 Å². The largest absolute Gasteiger partial charge is 0.478 e. The first-order valence-electron chi connectivity index (χ1n) is 4.41. The summed E-state index contributed by atoms with van der Waals surface area (Å²) in [5, 5.41) is 18.2.